The second kappa shape index (κ2) is 7.42. The molecule has 0 spiro atoms. The number of hydrogen-bond acceptors (Lipinski definition) is 5. The third kappa shape index (κ3) is 3.57. The number of morpholine rings is 1. The normalized spacial score (nSPS) is 23.2. The Hall–Kier alpha value is -1.44. The lowest BCUT2D eigenvalue weighted by atomic mass is 10.1. The van der Waals surface area contributed by atoms with E-state index in [2.05, 4.69) is 5.10 Å². The summed E-state index contributed by atoms with van der Waals surface area (Å²) in [6.45, 7) is 5.72. The van der Waals surface area contributed by atoms with Crippen LogP contribution in [0, 0.1) is 6.92 Å². The molecule has 0 aliphatic carbocycles. The summed E-state index contributed by atoms with van der Waals surface area (Å²) in [5, 5.41) is 4.47. The van der Waals surface area contributed by atoms with Crippen molar-refractivity contribution in [2.24, 2.45) is 0 Å². The molecule has 0 N–H and O–H groups in total. The van der Waals surface area contributed by atoms with Crippen LogP contribution < -0.4 is 0 Å². The molecular formula is C16H25N3O4. The Kier molecular flexibility index (Phi) is 5.30. The molecule has 128 valence electrons. The van der Waals surface area contributed by atoms with Crippen molar-refractivity contribution in [2.75, 3.05) is 46.6 Å². The van der Waals surface area contributed by atoms with Gasteiger partial charge in [0.25, 0.3) is 5.91 Å². The molecule has 1 aromatic rings. The average Bonchev–Trinajstić information content (AvgIpc) is 2.97. The van der Waals surface area contributed by atoms with Gasteiger partial charge in [0.15, 0.2) is 0 Å². The first-order valence-corrected chi connectivity index (χ1v) is 8.22. The van der Waals surface area contributed by atoms with Crippen molar-refractivity contribution in [3.8, 4) is 0 Å². The molecule has 0 aromatic carbocycles. The van der Waals surface area contributed by atoms with Crippen LogP contribution in [0.2, 0.25) is 0 Å². The van der Waals surface area contributed by atoms with E-state index in [1.165, 1.54) is 0 Å². The molecule has 1 unspecified atom stereocenters. The number of rotatable bonds is 4. The maximum atomic E-state index is 12.8. The van der Waals surface area contributed by atoms with Gasteiger partial charge in [-0.05, 0) is 19.8 Å². The smallest absolute Gasteiger partial charge is 0.257 e. The van der Waals surface area contributed by atoms with Crippen LogP contribution in [0.5, 0.6) is 0 Å². The zero-order valence-corrected chi connectivity index (χ0v) is 13.9. The molecule has 0 bridgehead atoms. The lowest BCUT2D eigenvalue weighted by molar-refractivity contribution is -0.0531. The lowest BCUT2D eigenvalue weighted by Gasteiger charge is -2.32. The Morgan fingerprint density at radius 1 is 1.39 bits per heavy atom. The topological polar surface area (TPSA) is 65.8 Å². The zero-order valence-electron chi connectivity index (χ0n) is 13.9. The summed E-state index contributed by atoms with van der Waals surface area (Å²) in [6.07, 6.45) is 3.55. The summed E-state index contributed by atoms with van der Waals surface area (Å²) in [5.41, 5.74) is 1.63. The van der Waals surface area contributed by atoms with Crippen LogP contribution in [0.15, 0.2) is 6.20 Å². The molecule has 2 aliphatic rings. The molecule has 7 heteroatoms. The molecule has 2 fully saturated rings. The minimum atomic E-state index is -0.0523. The van der Waals surface area contributed by atoms with Gasteiger partial charge in [-0.3, -0.25) is 9.48 Å². The highest BCUT2D eigenvalue weighted by atomic mass is 16.5. The molecule has 7 nitrogen and oxygen atoms in total. The highest BCUT2D eigenvalue weighted by Crippen LogP contribution is 2.24. The van der Waals surface area contributed by atoms with Crippen molar-refractivity contribution in [1.29, 1.82) is 0 Å². The van der Waals surface area contributed by atoms with Gasteiger partial charge < -0.3 is 19.1 Å². The van der Waals surface area contributed by atoms with Gasteiger partial charge in [0, 0.05) is 39.1 Å². The van der Waals surface area contributed by atoms with Crippen molar-refractivity contribution in [3.63, 3.8) is 0 Å². The van der Waals surface area contributed by atoms with E-state index in [0.29, 0.717) is 37.9 Å². The van der Waals surface area contributed by atoms with E-state index >= 15 is 0 Å². The minimum absolute atomic E-state index is 0.0326. The number of aromatic nitrogens is 2. The van der Waals surface area contributed by atoms with E-state index in [1.54, 1.807) is 13.3 Å². The molecule has 1 atom stereocenters. The van der Waals surface area contributed by atoms with Crippen LogP contribution in [-0.2, 0) is 14.2 Å². The van der Waals surface area contributed by atoms with E-state index in [4.69, 9.17) is 14.2 Å². The standard InChI is InChI=1S/C16H25N3O4/c1-12-15(9-17-19(12)13-3-6-22-7-4-13)16(20)18-5-8-23-14(10-18)11-21-2/h9,13-14H,3-8,10-11H2,1-2H3. The van der Waals surface area contributed by atoms with E-state index in [-0.39, 0.29) is 12.0 Å². The van der Waals surface area contributed by atoms with Gasteiger partial charge in [-0.15, -0.1) is 0 Å². The monoisotopic (exact) mass is 323 g/mol. The van der Waals surface area contributed by atoms with Crippen LogP contribution in [0.1, 0.15) is 34.9 Å². The largest absolute Gasteiger partial charge is 0.382 e. The first kappa shape index (κ1) is 16.4. The van der Waals surface area contributed by atoms with Crippen LogP contribution >= 0.6 is 0 Å². The van der Waals surface area contributed by atoms with Gasteiger partial charge >= 0.3 is 0 Å². The van der Waals surface area contributed by atoms with Gasteiger partial charge in [-0.25, -0.2) is 0 Å². The van der Waals surface area contributed by atoms with Crippen LogP contribution in [-0.4, -0.2) is 73.3 Å². The van der Waals surface area contributed by atoms with E-state index in [9.17, 15) is 4.79 Å². The van der Waals surface area contributed by atoms with Gasteiger partial charge in [0.05, 0.1) is 37.1 Å². The summed E-state index contributed by atoms with van der Waals surface area (Å²) >= 11 is 0. The molecule has 2 aliphatic heterocycles. The minimum Gasteiger partial charge on any atom is -0.382 e. The molecule has 1 aromatic heterocycles. The van der Waals surface area contributed by atoms with Crippen molar-refractivity contribution < 1.29 is 19.0 Å². The van der Waals surface area contributed by atoms with Crippen molar-refractivity contribution in [2.45, 2.75) is 31.9 Å². The lowest BCUT2D eigenvalue weighted by Crippen LogP contribution is -2.47. The fourth-order valence-electron chi connectivity index (χ4n) is 3.29. The predicted molar refractivity (Wildman–Crippen MR) is 83.6 cm³/mol. The molecule has 3 heterocycles. The maximum absolute atomic E-state index is 12.8. The highest BCUT2D eigenvalue weighted by molar-refractivity contribution is 5.95. The molecular weight excluding hydrogens is 298 g/mol. The van der Waals surface area contributed by atoms with E-state index in [0.717, 1.165) is 31.7 Å². The SMILES string of the molecule is COCC1CN(C(=O)c2cnn(C3CCOCC3)c2C)CCO1. The Labute approximate surface area is 136 Å². The van der Waals surface area contributed by atoms with E-state index in [1.807, 2.05) is 16.5 Å². The number of methoxy groups -OCH3 is 1. The van der Waals surface area contributed by atoms with Gasteiger partial charge in [0.1, 0.15) is 0 Å². The third-order valence-corrected chi connectivity index (χ3v) is 4.59. The number of nitrogens with zero attached hydrogens (tertiary/aromatic N) is 3. The maximum Gasteiger partial charge on any atom is 0.257 e. The second-order valence-electron chi connectivity index (χ2n) is 6.13. The summed E-state index contributed by atoms with van der Waals surface area (Å²) < 4.78 is 18.1. The van der Waals surface area contributed by atoms with Gasteiger partial charge in [0.2, 0.25) is 0 Å². The Balaban J connectivity index is 1.71. The summed E-state index contributed by atoms with van der Waals surface area (Å²) in [4.78, 5) is 14.7. The molecule has 3 rings (SSSR count). The average molecular weight is 323 g/mol. The van der Waals surface area contributed by atoms with E-state index < -0.39 is 0 Å². The second-order valence-corrected chi connectivity index (χ2v) is 6.13. The summed E-state index contributed by atoms with van der Waals surface area (Å²) in [6, 6.07) is 0.330. The summed E-state index contributed by atoms with van der Waals surface area (Å²) in [5.74, 6) is 0.0326. The fraction of sp³-hybridized carbons (Fsp3) is 0.750. The number of amides is 1. The Morgan fingerprint density at radius 3 is 2.91 bits per heavy atom. The Morgan fingerprint density at radius 2 is 2.17 bits per heavy atom. The molecule has 1 amide bonds. The van der Waals surface area contributed by atoms with Crippen LogP contribution in [0.25, 0.3) is 0 Å². The molecule has 0 saturated carbocycles. The van der Waals surface area contributed by atoms with Crippen molar-refractivity contribution in [3.05, 3.63) is 17.5 Å². The number of hydrogen-bond donors (Lipinski definition) is 0. The van der Waals surface area contributed by atoms with Crippen molar-refractivity contribution in [1.82, 2.24) is 14.7 Å². The highest BCUT2D eigenvalue weighted by Gasteiger charge is 2.28. The zero-order chi connectivity index (χ0) is 16.2. The number of carbonyl (C=O) groups is 1. The quantitative estimate of drug-likeness (QED) is 0.828. The van der Waals surface area contributed by atoms with Crippen molar-refractivity contribution >= 4 is 5.91 Å². The Bertz CT molecular complexity index is 537. The van der Waals surface area contributed by atoms with Gasteiger partial charge in [-0.1, -0.05) is 0 Å². The molecule has 23 heavy (non-hydrogen) atoms. The molecule has 2 saturated heterocycles. The van der Waals surface area contributed by atoms with Crippen LogP contribution in [0.3, 0.4) is 0 Å². The fourth-order valence-corrected chi connectivity index (χ4v) is 3.29. The third-order valence-electron chi connectivity index (χ3n) is 4.59. The van der Waals surface area contributed by atoms with Crippen LogP contribution in [0.4, 0.5) is 0 Å². The predicted octanol–water partition coefficient (Wildman–Crippen LogP) is 1.03. The van der Waals surface area contributed by atoms with Gasteiger partial charge in [-0.2, -0.15) is 5.10 Å². The number of ether oxygens (including phenoxy) is 3. The molecule has 0 radical (unpaired) electrons. The first-order chi connectivity index (χ1) is 11.2. The summed E-state index contributed by atoms with van der Waals surface area (Å²) in [7, 11) is 1.65. The first-order valence-electron chi connectivity index (χ1n) is 8.22. The number of carbonyl (C=O) groups excluding carboxylic acids is 1.